The molecule has 2 aromatic carbocycles. The first kappa shape index (κ1) is 22.1. The molecule has 1 aromatic heterocycles. The SMILES string of the molecule is CCOC(=O)CCC(=O)c1nc2cc(-c3ccc(OC(F)(F)F)cc3)ccc2cc1O. The molecule has 3 rings (SSSR count). The van der Waals surface area contributed by atoms with E-state index in [9.17, 15) is 27.9 Å². The molecule has 0 aliphatic rings. The Morgan fingerprint density at radius 2 is 1.68 bits per heavy atom. The van der Waals surface area contributed by atoms with Crippen molar-refractivity contribution in [3.63, 3.8) is 0 Å². The van der Waals surface area contributed by atoms with Crippen LogP contribution < -0.4 is 4.74 Å². The van der Waals surface area contributed by atoms with E-state index in [1.165, 1.54) is 30.3 Å². The summed E-state index contributed by atoms with van der Waals surface area (Å²) in [7, 11) is 0. The van der Waals surface area contributed by atoms with E-state index in [1.807, 2.05) is 0 Å². The number of aromatic hydroxyl groups is 1. The summed E-state index contributed by atoms with van der Waals surface area (Å²) in [6, 6.07) is 11.8. The predicted octanol–water partition coefficient (Wildman–Crippen LogP) is 5.03. The van der Waals surface area contributed by atoms with Gasteiger partial charge >= 0.3 is 12.3 Å². The van der Waals surface area contributed by atoms with Crippen molar-refractivity contribution in [2.24, 2.45) is 0 Å². The summed E-state index contributed by atoms with van der Waals surface area (Å²) in [5.74, 6) is -1.67. The number of ketones is 1. The van der Waals surface area contributed by atoms with Crippen LogP contribution in [0.5, 0.6) is 11.5 Å². The van der Waals surface area contributed by atoms with Gasteiger partial charge in [-0.25, -0.2) is 4.98 Å². The molecular formula is C22H18F3NO5. The van der Waals surface area contributed by atoms with Gasteiger partial charge in [0.05, 0.1) is 18.5 Å². The van der Waals surface area contributed by atoms with E-state index in [-0.39, 0.29) is 36.6 Å². The largest absolute Gasteiger partial charge is 0.573 e. The molecule has 162 valence electrons. The van der Waals surface area contributed by atoms with Crippen molar-refractivity contribution in [2.75, 3.05) is 6.61 Å². The molecule has 0 radical (unpaired) electrons. The van der Waals surface area contributed by atoms with Crippen molar-refractivity contribution in [1.82, 2.24) is 4.98 Å². The number of pyridine rings is 1. The lowest BCUT2D eigenvalue weighted by Crippen LogP contribution is -2.16. The van der Waals surface area contributed by atoms with Gasteiger partial charge in [-0.1, -0.05) is 24.3 Å². The molecular weight excluding hydrogens is 415 g/mol. The molecule has 0 unspecified atom stereocenters. The molecule has 9 heteroatoms. The fourth-order valence-electron chi connectivity index (χ4n) is 2.96. The summed E-state index contributed by atoms with van der Waals surface area (Å²) < 4.78 is 45.6. The van der Waals surface area contributed by atoms with Crippen LogP contribution in [0.2, 0.25) is 0 Å². The quantitative estimate of drug-likeness (QED) is 0.415. The number of aromatic nitrogens is 1. The molecule has 0 bridgehead atoms. The lowest BCUT2D eigenvalue weighted by molar-refractivity contribution is -0.274. The molecule has 0 aliphatic heterocycles. The Hall–Kier alpha value is -3.62. The maximum atomic E-state index is 12.4. The van der Waals surface area contributed by atoms with Crippen LogP contribution >= 0.6 is 0 Å². The smallest absolute Gasteiger partial charge is 0.506 e. The second kappa shape index (κ2) is 9.03. The van der Waals surface area contributed by atoms with Crippen LogP contribution in [0.4, 0.5) is 13.2 Å². The van der Waals surface area contributed by atoms with E-state index >= 15 is 0 Å². The standard InChI is InChI=1S/C22H18F3NO5/c1-2-30-20(29)10-9-18(27)21-19(28)12-15-4-3-14(11-17(15)26-21)13-5-7-16(8-6-13)31-22(23,24)25/h3-8,11-12,28H,2,9-10H2,1H3. The lowest BCUT2D eigenvalue weighted by atomic mass is 10.0. The van der Waals surface area contributed by atoms with Gasteiger partial charge in [-0.3, -0.25) is 9.59 Å². The van der Waals surface area contributed by atoms with E-state index in [4.69, 9.17) is 4.74 Å². The Labute approximate surface area is 175 Å². The first-order valence-electron chi connectivity index (χ1n) is 9.35. The Bertz CT molecular complexity index is 1110. The topological polar surface area (TPSA) is 85.7 Å². The average Bonchev–Trinajstić information content (AvgIpc) is 2.71. The van der Waals surface area contributed by atoms with Gasteiger partial charge in [0, 0.05) is 11.8 Å². The fraction of sp³-hybridized carbons (Fsp3) is 0.227. The minimum Gasteiger partial charge on any atom is -0.506 e. The zero-order valence-electron chi connectivity index (χ0n) is 16.4. The number of rotatable bonds is 7. The number of hydrogen-bond donors (Lipinski definition) is 1. The number of carbonyl (C=O) groups is 2. The summed E-state index contributed by atoms with van der Waals surface area (Å²) in [5, 5.41) is 10.7. The Morgan fingerprint density at radius 3 is 2.32 bits per heavy atom. The van der Waals surface area contributed by atoms with Crippen LogP contribution in [0.3, 0.4) is 0 Å². The first-order chi connectivity index (χ1) is 14.7. The van der Waals surface area contributed by atoms with Gasteiger partial charge < -0.3 is 14.6 Å². The monoisotopic (exact) mass is 433 g/mol. The minimum atomic E-state index is -4.77. The van der Waals surface area contributed by atoms with Gasteiger partial charge in [-0.2, -0.15) is 0 Å². The number of alkyl halides is 3. The number of carbonyl (C=O) groups excluding carboxylic acids is 2. The summed E-state index contributed by atoms with van der Waals surface area (Å²) in [5.41, 5.74) is 1.50. The van der Waals surface area contributed by atoms with Gasteiger partial charge in [0.2, 0.25) is 0 Å². The molecule has 1 heterocycles. The van der Waals surface area contributed by atoms with E-state index < -0.39 is 18.1 Å². The van der Waals surface area contributed by atoms with Crippen molar-refractivity contribution in [1.29, 1.82) is 0 Å². The highest BCUT2D eigenvalue weighted by Gasteiger charge is 2.31. The van der Waals surface area contributed by atoms with Crippen molar-refractivity contribution < 1.29 is 37.3 Å². The third-order valence-electron chi connectivity index (χ3n) is 4.34. The molecule has 0 amide bonds. The molecule has 0 fully saturated rings. The fourth-order valence-corrected chi connectivity index (χ4v) is 2.96. The average molecular weight is 433 g/mol. The van der Waals surface area contributed by atoms with E-state index in [1.54, 1.807) is 25.1 Å². The summed E-state index contributed by atoms with van der Waals surface area (Å²) >= 11 is 0. The second-order valence-electron chi connectivity index (χ2n) is 6.56. The summed E-state index contributed by atoms with van der Waals surface area (Å²) in [4.78, 5) is 28.1. The molecule has 0 saturated carbocycles. The number of hydrogen-bond acceptors (Lipinski definition) is 6. The van der Waals surface area contributed by atoms with Gasteiger partial charge in [0.1, 0.15) is 17.2 Å². The van der Waals surface area contributed by atoms with Crippen molar-refractivity contribution in [2.45, 2.75) is 26.1 Å². The van der Waals surface area contributed by atoms with E-state index in [2.05, 4.69) is 9.72 Å². The Morgan fingerprint density at radius 1 is 1.00 bits per heavy atom. The van der Waals surface area contributed by atoms with Crippen molar-refractivity contribution in [3.8, 4) is 22.6 Å². The number of nitrogens with zero attached hydrogens (tertiary/aromatic N) is 1. The van der Waals surface area contributed by atoms with Crippen LogP contribution in [0.1, 0.15) is 30.3 Å². The molecule has 1 N–H and O–H groups in total. The van der Waals surface area contributed by atoms with Gasteiger partial charge in [-0.05, 0) is 42.3 Å². The second-order valence-corrected chi connectivity index (χ2v) is 6.56. The van der Waals surface area contributed by atoms with Gasteiger partial charge in [0.25, 0.3) is 0 Å². The normalized spacial score (nSPS) is 11.4. The lowest BCUT2D eigenvalue weighted by Gasteiger charge is -2.10. The van der Waals surface area contributed by atoms with Gasteiger partial charge in [0.15, 0.2) is 5.78 Å². The van der Waals surface area contributed by atoms with Crippen molar-refractivity contribution in [3.05, 3.63) is 54.2 Å². The number of halogens is 3. The molecule has 0 saturated heterocycles. The predicted molar refractivity (Wildman–Crippen MR) is 106 cm³/mol. The van der Waals surface area contributed by atoms with Gasteiger partial charge in [-0.15, -0.1) is 13.2 Å². The number of Topliss-reactive ketones (excluding diaryl/α,β-unsaturated/α-hetero) is 1. The van der Waals surface area contributed by atoms with Crippen LogP contribution in [0.15, 0.2) is 48.5 Å². The van der Waals surface area contributed by atoms with Crippen LogP contribution in [0.25, 0.3) is 22.0 Å². The molecule has 0 spiro atoms. The Balaban J connectivity index is 1.85. The number of benzene rings is 2. The van der Waals surface area contributed by atoms with Crippen LogP contribution in [0, 0.1) is 0 Å². The molecule has 3 aromatic rings. The zero-order valence-corrected chi connectivity index (χ0v) is 16.4. The molecule has 31 heavy (non-hydrogen) atoms. The van der Waals surface area contributed by atoms with E-state index in [0.717, 1.165) is 0 Å². The van der Waals surface area contributed by atoms with Crippen molar-refractivity contribution >= 4 is 22.7 Å². The van der Waals surface area contributed by atoms with Crippen LogP contribution in [-0.4, -0.2) is 34.8 Å². The highest BCUT2D eigenvalue weighted by atomic mass is 19.4. The molecule has 0 aliphatic carbocycles. The molecule has 0 atom stereocenters. The summed E-state index contributed by atoms with van der Waals surface area (Å²) in [6.45, 7) is 1.86. The van der Waals surface area contributed by atoms with E-state index in [0.29, 0.717) is 22.0 Å². The minimum absolute atomic E-state index is 0.127. The number of ether oxygens (including phenoxy) is 2. The highest BCUT2D eigenvalue weighted by Crippen LogP contribution is 2.30. The molecule has 6 nitrogen and oxygen atoms in total. The number of esters is 1. The van der Waals surface area contributed by atoms with Crippen LogP contribution in [-0.2, 0) is 9.53 Å². The third kappa shape index (κ3) is 5.71. The summed E-state index contributed by atoms with van der Waals surface area (Å²) in [6.07, 6.45) is -5.06. The third-order valence-corrected chi connectivity index (χ3v) is 4.34. The Kier molecular flexibility index (Phi) is 6.43. The number of fused-ring (bicyclic) bond motifs is 1. The highest BCUT2D eigenvalue weighted by molar-refractivity contribution is 6.00. The maximum Gasteiger partial charge on any atom is 0.573 e. The first-order valence-corrected chi connectivity index (χ1v) is 9.35. The maximum absolute atomic E-state index is 12.4. The zero-order chi connectivity index (χ0) is 22.6.